The number of carbonyl (C=O) groups is 2. The van der Waals surface area contributed by atoms with E-state index in [1.807, 2.05) is 60.3 Å². The quantitative estimate of drug-likeness (QED) is 0.576. The number of alkyl halides is 3. The predicted molar refractivity (Wildman–Crippen MR) is 118 cm³/mol. The van der Waals surface area contributed by atoms with Crippen molar-refractivity contribution in [2.75, 3.05) is 25.5 Å². The summed E-state index contributed by atoms with van der Waals surface area (Å²) < 4.78 is 42.9. The molecular weight excluding hydrogens is 469 g/mol. The lowest BCUT2D eigenvalue weighted by Gasteiger charge is -2.26. The van der Waals surface area contributed by atoms with Gasteiger partial charge in [0.05, 0.1) is 12.7 Å². The third kappa shape index (κ3) is 6.71. The van der Waals surface area contributed by atoms with E-state index in [4.69, 9.17) is 19.2 Å². The van der Waals surface area contributed by atoms with Crippen molar-refractivity contribution in [1.82, 2.24) is 15.0 Å². The highest BCUT2D eigenvalue weighted by Gasteiger charge is 2.38. The molecule has 9 nitrogen and oxygen atoms in total. The van der Waals surface area contributed by atoms with Crippen molar-refractivity contribution in [2.24, 2.45) is 0 Å². The summed E-state index contributed by atoms with van der Waals surface area (Å²) in [7, 11) is 3.95. The van der Waals surface area contributed by atoms with Gasteiger partial charge >= 0.3 is 12.1 Å². The van der Waals surface area contributed by atoms with Gasteiger partial charge in [-0.3, -0.25) is 9.78 Å². The van der Waals surface area contributed by atoms with E-state index in [-0.39, 0.29) is 12.5 Å². The van der Waals surface area contributed by atoms with Crippen LogP contribution in [0.5, 0.6) is 5.75 Å². The number of nitrogens with zero attached hydrogens (tertiary/aromatic N) is 4. The third-order valence-electron chi connectivity index (χ3n) is 5.08. The summed E-state index contributed by atoms with van der Waals surface area (Å²) in [6.07, 6.45) is -1.09. The lowest BCUT2D eigenvalue weighted by Crippen LogP contribution is -2.36. The van der Waals surface area contributed by atoms with E-state index in [0.717, 1.165) is 22.7 Å². The van der Waals surface area contributed by atoms with Crippen LogP contribution in [0.1, 0.15) is 27.4 Å². The fourth-order valence-corrected chi connectivity index (χ4v) is 3.22. The van der Waals surface area contributed by atoms with Gasteiger partial charge in [-0.15, -0.1) is 0 Å². The number of hydrogen-bond donors (Lipinski definition) is 1. The number of benzene rings is 1. The van der Waals surface area contributed by atoms with Gasteiger partial charge in [-0.25, -0.2) is 4.79 Å². The molecule has 3 aromatic rings. The number of hydrogen-bond acceptors (Lipinski definition) is 7. The van der Waals surface area contributed by atoms with E-state index in [1.54, 1.807) is 12.4 Å². The maximum Gasteiger partial charge on any atom is 0.490 e. The van der Waals surface area contributed by atoms with Crippen LogP contribution in [0, 0.1) is 0 Å². The molecule has 0 unspecified atom stereocenters. The maximum absolute atomic E-state index is 12.9. The van der Waals surface area contributed by atoms with E-state index in [0.29, 0.717) is 30.8 Å². The minimum absolute atomic E-state index is 0.0104. The van der Waals surface area contributed by atoms with E-state index in [2.05, 4.69) is 10.1 Å². The Morgan fingerprint density at radius 2 is 1.89 bits per heavy atom. The number of ether oxygens (including phenoxy) is 1. The molecule has 2 aromatic heterocycles. The van der Waals surface area contributed by atoms with Gasteiger partial charge in [0.2, 0.25) is 0 Å². The zero-order chi connectivity index (χ0) is 25.6. The van der Waals surface area contributed by atoms with Gasteiger partial charge < -0.3 is 24.2 Å². The topological polar surface area (TPSA) is 109 Å². The Balaban J connectivity index is 0.000000429. The van der Waals surface area contributed by atoms with Crippen LogP contribution in [0.4, 0.5) is 18.9 Å². The number of carboxylic acid groups (broad SMARTS) is 1. The van der Waals surface area contributed by atoms with Gasteiger partial charge in [0, 0.05) is 50.1 Å². The second-order valence-electron chi connectivity index (χ2n) is 7.73. The van der Waals surface area contributed by atoms with Crippen LogP contribution >= 0.6 is 0 Å². The lowest BCUT2D eigenvalue weighted by atomic mass is 10.0. The number of carboxylic acids is 1. The summed E-state index contributed by atoms with van der Waals surface area (Å²) in [6, 6.07) is 11.3. The number of halogens is 3. The highest BCUT2D eigenvalue weighted by molar-refractivity contribution is 5.94. The number of aromatic nitrogens is 2. The number of carbonyl (C=O) groups excluding carboxylic acids is 1. The molecule has 3 heterocycles. The fraction of sp³-hybridized carbons (Fsp3) is 0.304. The minimum atomic E-state index is -5.08. The van der Waals surface area contributed by atoms with Crippen LogP contribution in [0.2, 0.25) is 0 Å². The largest absolute Gasteiger partial charge is 0.490 e. The minimum Gasteiger partial charge on any atom is -0.486 e. The third-order valence-corrected chi connectivity index (χ3v) is 5.08. The number of fused-ring (bicyclic) bond motifs is 1. The van der Waals surface area contributed by atoms with Crippen molar-refractivity contribution in [2.45, 2.75) is 25.7 Å². The monoisotopic (exact) mass is 492 g/mol. The highest BCUT2D eigenvalue weighted by atomic mass is 19.4. The number of aliphatic carboxylic acids is 1. The molecule has 0 saturated heterocycles. The molecule has 35 heavy (non-hydrogen) atoms. The molecule has 1 N–H and O–H groups in total. The Kier molecular flexibility index (Phi) is 7.94. The summed E-state index contributed by atoms with van der Waals surface area (Å²) in [5.41, 5.74) is 3.40. The molecule has 1 aliphatic heterocycles. The number of pyridine rings is 1. The van der Waals surface area contributed by atoms with Crippen molar-refractivity contribution in [1.29, 1.82) is 0 Å². The van der Waals surface area contributed by atoms with Crippen molar-refractivity contribution in [3.8, 4) is 5.75 Å². The molecular formula is C23H23F3N4O5. The van der Waals surface area contributed by atoms with Gasteiger partial charge in [-0.05, 0) is 36.4 Å². The van der Waals surface area contributed by atoms with Gasteiger partial charge in [-0.1, -0.05) is 5.16 Å². The zero-order valence-corrected chi connectivity index (χ0v) is 19.0. The summed E-state index contributed by atoms with van der Waals surface area (Å²) >= 11 is 0. The second kappa shape index (κ2) is 10.9. The highest BCUT2D eigenvalue weighted by Crippen LogP contribution is 2.25. The van der Waals surface area contributed by atoms with E-state index < -0.39 is 12.1 Å². The van der Waals surface area contributed by atoms with E-state index >= 15 is 0 Å². The standard InChI is InChI=1S/C21H22N4O3.C2HF3O2/c1-24(2)16-7-5-15(6-8-16)21(26)25-11-9-20-18(13-25)19(23-28-20)14-27-17-4-3-10-22-12-17;3-2(4,5)1(6)7/h3-8,10,12H,9,11,13-14H2,1-2H3;(H,6,7). The van der Waals surface area contributed by atoms with Gasteiger partial charge in [0.15, 0.2) is 0 Å². The number of rotatable bonds is 5. The van der Waals surface area contributed by atoms with Crippen LogP contribution in [0.15, 0.2) is 53.3 Å². The molecule has 0 bridgehead atoms. The molecule has 0 spiro atoms. The smallest absolute Gasteiger partial charge is 0.486 e. The van der Waals surface area contributed by atoms with E-state index in [1.165, 1.54) is 0 Å². The molecule has 1 aromatic carbocycles. The summed E-state index contributed by atoms with van der Waals surface area (Å²) in [6.45, 7) is 1.36. The Labute approximate surface area is 198 Å². The Morgan fingerprint density at radius 3 is 2.46 bits per heavy atom. The molecule has 0 atom stereocenters. The first-order chi connectivity index (χ1) is 16.6. The van der Waals surface area contributed by atoms with Crippen LogP contribution in [-0.2, 0) is 24.4 Å². The molecule has 4 rings (SSSR count). The summed E-state index contributed by atoms with van der Waals surface area (Å²) in [5.74, 6) is -1.25. The van der Waals surface area contributed by atoms with Gasteiger partial charge in [-0.2, -0.15) is 13.2 Å². The molecule has 0 saturated carbocycles. The summed E-state index contributed by atoms with van der Waals surface area (Å²) in [5, 5.41) is 11.3. The Bertz CT molecular complexity index is 1150. The van der Waals surface area contributed by atoms with Crippen LogP contribution in [-0.4, -0.2) is 58.8 Å². The predicted octanol–water partition coefficient (Wildman–Crippen LogP) is 3.55. The van der Waals surface area contributed by atoms with Crippen LogP contribution < -0.4 is 9.64 Å². The Morgan fingerprint density at radius 1 is 1.20 bits per heavy atom. The second-order valence-corrected chi connectivity index (χ2v) is 7.73. The van der Waals surface area contributed by atoms with Gasteiger partial charge in [0.1, 0.15) is 23.8 Å². The van der Waals surface area contributed by atoms with Crippen molar-refractivity contribution in [3.05, 3.63) is 71.4 Å². The van der Waals surface area contributed by atoms with E-state index in [9.17, 15) is 18.0 Å². The molecule has 186 valence electrons. The normalized spacial score (nSPS) is 12.8. The van der Waals surface area contributed by atoms with Crippen LogP contribution in [0.25, 0.3) is 0 Å². The molecule has 0 aliphatic carbocycles. The molecule has 1 amide bonds. The van der Waals surface area contributed by atoms with Crippen molar-refractivity contribution >= 4 is 17.6 Å². The first kappa shape index (κ1) is 25.5. The lowest BCUT2D eigenvalue weighted by molar-refractivity contribution is -0.192. The first-order valence-corrected chi connectivity index (χ1v) is 10.4. The van der Waals surface area contributed by atoms with Crippen molar-refractivity contribution in [3.63, 3.8) is 0 Å². The fourth-order valence-electron chi connectivity index (χ4n) is 3.22. The average molecular weight is 492 g/mol. The molecule has 0 radical (unpaired) electrons. The first-order valence-electron chi connectivity index (χ1n) is 10.4. The number of amides is 1. The number of anilines is 1. The maximum atomic E-state index is 12.9. The SMILES string of the molecule is CN(C)c1ccc(C(=O)N2CCc3onc(COc4cccnc4)c3C2)cc1.O=C(O)C(F)(F)F. The average Bonchev–Trinajstić information content (AvgIpc) is 3.25. The van der Waals surface area contributed by atoms with Crippen molar-refractivity contribution < 1.29 is 37.1 Å². The molecule has 1 aliphatic rings. The van der Waals surface area contributed by atoms with Gasteiger partial charge in [0.25, 0.3) is 5.91 Å². The summed E-state index contributed by atoms with van der Waals surface area (Å²) in [4.78, 5) is 29.7. The zero-order valence-electron chi connectivity index (χ0n) is 19.0. The Hall–Kier alpha value is -4.09. The molecule has 0 fully saturated rings. The molecule has 12 heteroatoms. The van der Waals surface area contributed by atoms with Crippen LogP contribution in [0.3, 0.4) is 0 Å².